The normalized spacial score (nSPS) is 23.9. The second-order valence-electron chi connectivity index (χ2n) is 5.15. The fourth-order valence-corrected chi connectivity index (χ4v) is 4.20. The maximum atomic E-state index is 6.15. The Morgan fingerprint density at radius 1 is 1.42 bits per heavy atom. The standard InChI is InChI=1S/C14H18BrN3S/c1-19-11-4-2-3-10(8-11)18-13-7-9(15)5-6-12(13)17-14(18)16/h5-7,10-11H,2-4,8H2,1H3,(H2,16,17). The minimum Gasteiger partial charge on any atom is -0.369 e. The van der Waals surface area contributed by atoms with Crippen LogP contribution in [0.4, 0.5) is 5.95 Å². The van der Waals surface area contributed by atoms with Crippen LogP contribution in [0.3, 0.4) is 0 Å². The van der Waals surface area contributed by atoms with Crippen LogP contribution in [-0.2, 0) is 0 Å². The Kier molecular flexibility index (Phi) is 3.76. The quantitative estimate of drug-likeness (QED) is 0.890. The van der Waals surface area contributed by atoms with E-state index in [-0.39, 0.29) is 0 Å². The average molecular weight is 340 g/mol. The molecule has 1 aromatic heterocycles. The Morgan fingerprint density at radius 3 is 3.05 bits per heavy atom. The van der Waals surface area contributed by atoms with Crippen LogP contribution in [0.2, 0.25) is 0 Å². The molecule has 2 aromatic rings. The topological polar surface area (TPSA) is 43.8 Å². The number of halogens is 1. The number of nitrogen functional groups attached to an aromatic ring is 1. The van der Waals surface area contributed by atoms with Gasteiger partial charge in [0.1, 0.15) is 0 Å². The number of rotatable bonds is 2. The first kappa shape index (κ1) is 13.3. The molecule has 1 heterocycles. The highest BCUT2D eigenvalue weighted by Crippen LogP contribution is 2.37. The third-order valence-corrected chi connectivity index (χ3v) is 5.56. The number of imidazole rings is 1. The number of thioether (sulfide) groups is 1. The molecule has 3 nitrogen and oxygen atoms in total. The Morgan fingerprint density at radius 2 is 2.26 bits per heavy atom. The first-order valence-electron chi connectivity index (χ1n) is 6.65. The van der Waals surface area contributed by atoms with Crippen molar-refractivity contribution in [2.45, 2.75) is 37.0 Å². The lowest BCUT2D eigenvalue weighted by Gasteiger charge is -2.30. The third-order valence-electron chi connectivity index (χ3n) is 3.98. The first-order chi connectivity index (χ1) is 9.19. The molecular formula is C14H18BrN3S. The van der Waals surface area contributed by atoms with Gasteiger partial charge in [0, 0.05) is 15.8 Å². The zero-order valence-corrected chi connectivity index (χ0v) is 13.4. The van der Waals surface area contributed by atoms with E-state index >= 15 is 0 Å². The van der Waals surface area contributed by atoms with Crippen molar-refractivity contribution in [3.8, 4) is 0 Å². The van der Waals surface area contributed by atoms with E-state index in [2.05, 4.69) is 37.8 Å². The zero-order chi connectivity index (χ0) is 13.4. The summed E-state index contributed by atoms with van der Waals surface area (Å²) in [4.78, 5) is 4.49. The summed E-state index contributed by atoms with van der Waals surface area (Å²) in [6.45, 7) is 0. The van der Waals surface area contributed by atoms with Crippen molar-refractivity contribution in [1.82, 2.24) is 9.55 Å². The van der Waals surface area contributed by atoms with Gasteiger partial charge in [-0.05, 0) is 43.7 Å². The maximum absolute atomic E-state index is 6.15. The Labute approximate surface area is 126 Å². The van der Waals surface area contributed by atoms with Gasteiger partial charge in [-0.15, -0.1) is 0 Å². The van der Waals surface area contributed by atoms with Gasteiger partial charge in [-0.3, -0.25) is 0 Å². The van der Waals surface area contributed by atoms with Crippen LogP contribution in [-0.4, -0.2) is 21.1 Å². The van der Waals surface area contributed by atoms with Crippen LogP contribution in [0, 0.1) is 0 Å². The van der Waals surface area contributed by atoms with Crippen LogP contribution >= 0.6 is 27.7 Å². The van der Waals surface area contributed by atoms with E-state index in [1.54, 1.807) is 0 Å². The van der Waals surface area contributed by atoms with Crippen LogP contribution < -0.4 is 5.73 Å². The number of aromatic nitrogens is 2. The maximum Gasteiger partial charge on any atom is 0.201 e. The third kappa shape index (κ3) is 2.50. The van der Waals surface area contributed by atoms with Crippen molar-refractivity contribution < 1.29 is 0 Å². The van der Waals surface area contributed by atoms with Crippen LogP contribution in [0.15, 0.2) is 22.7 Å². The number of benzene rings is 1. The van der Waals surface area contributed by atoms with E-state index in [9.17, 15) is 0 Å². The molecule has 2 unspecified atom stereocenters. The second-order valence-corrected chi connectivity index (χ2v) is 7.20. The molecule has 19 heavy (non-hydrogen) atoms. The molecule has 102 valence electrons. The lowest BCUT2D eigenvalue weighted by molar-refractivity contribution is 0.371. The van der Waals surface area contributed by atoms with Crippen molar-refractivity contribution >= 4 is 44.7 Å². The van der Waals surface area contributed by atoms with Gasteiger partial charge < -0.3 is 10.3 Å². The van der Waals surface area contributed by atoms with E-state index in [4.69, 9.17) is 5.73 Å². The van der Waals surface area contributed by atoms with E-state index in [0.29, 0.717) is 12.0 Å². The summed E-state index contributed by atoms with van der Waals surface area (Å²) < 4.78 is 3.32. The van der Waals surface area contributed by atoms with Gasteiger partial charge in [-0.25, -0.2) is 4.98 Å². The predicted molar refractivity (Wildman–Crippen MR) is 86.7 cm³/mol. The Balaban J connectivity index is 2.03. The molecule has 1 aromatic carbocycles. The van der Waals surface area contributed by atoms with Crippen LogP contribution in [0.25, 0.3) is 11.0 Å². The molecule has 1 fully saturated rings. The molecule has 1 aliphatic rings. The summed E-state index contributed by atoms with van der Waals surface area (Å²) in [6.07, 6.45) is 7.22. The van der Waals surface area contributed by atoms with Gasteiger partial charge in [-0.1, -0.05) is 22.4 Å². The van der Waals surface area contributed by atoms with Gasteiger partial charge >= 0.3 is 0 Å². The summed E-state index contributed by atoms with van der Waals surface area (Å²) in [6, 6.07) is 6.67. The van der Waals surface area contributed by atoms with Crippen molar-refractivity contribution in [2.75, 3.05) is 12.0 Å². The number of anilines is 1. The van der Waals surface area contributed by atoms with Crippen molar-refractivity contribution in [3.63, 3.8) is 0 Å². The van der Waals surface area contributed by atoms with E-state index in [1.807, 2.05) is 23.9 Å². The summed E-state index contributed by atoms with van der Waals surface area (Å²) in [5, 5.41) is 0.753. The predicted octanol–water partition coefficient (Wildman–Crippen LogP) is 4.23. The number of hydrogen-bond donors (Lipinski definition) is 1. The molecule has 0 aliphatic heterocycles. The van der Waals surface area contributed by atoms with Crippen molar-refractivity contribution in [1.29, 1.82) is 0 Å². The smallest absolute Gasteiger partial charge is 0.201 e. The van der Waals surface area contributed by atoms with Gasteiger partial charge in [0.25, 0.3) is 0 Å². The largest absolute Gasteiger partial charge is 0.369 e. The number of hydrogen-bond acceptors (Lipinski definition) is 3. The molecule has 2 atom stereocenters. The Bertz CT molecular complexity index is 596. The molecule has 1 aliphatic carbocycles. The fourth-order valence-electron chi connectivity index (χ4n) is 3.04. The molecule has 0 amide bonds. The molecule has 2 N–H and O–H groups in total. The average Bonchev–Trinajstić information content (AvgIpc) is 2.74. The molecule has 3 rings (SSSR count). The van der Waals surface area contributed by atoms with E-state index in [0.717, 1.165) is 20.8 Å². The fraction of sp³-hybridized carbons (Fsp3) is 0.500. The van der Waals surface area contributed by atoms with Gasteiger partial charge in [0.15, 0.2) is 0 Å². The number of nitrogens with two attached hydrogens (primary N) is 1. The second kappa shape index (κ2) is 5.37. The molecule has 0 radical (unpaired) electrons. The summed E-state index contributed by atoms with van der Waals surface area (Å²) in [5.74, 6) is 0.653. The first-order valence-corrected chi connectivity index (χ1v) is 8.73. The molecule has 5 heteroatoms. The summed E-state index contributed by atoms with van der Waals surface area (Å²) in [7, 11) is 0. The SMILES string of the molecule is CSC1CCCC(n2c(N)nc3ccc(Br)cc32)C1. The minimum absolute atomic E-state index is 0.491. The lowest BCUT2D eigenvalue weighted by atomic mass is 9.94. The van der Waals surface area contributed by atoms with Gasteiger partial charge in [0.2, 0.25) is 5.95 Å². The Hall–Kier alpha value is -0.680. The molecule has 0 bridgehead atoms. The zero-order valence-electron chi connectivity index (χ0n) is 11.0. The summed E-state index contributed by atoms with van der Waals surface area (Å²) >= 11 is 5.52. The minimum atomic E-state index is 0.491. The van der Waals surface area contributed by atoms with E-state index in [1.165, 1.54) is 25.7 Å². The van der Waals surface area contributed by atoms with Crippen molar-refractivity contribution in [3.05, 3.63) is 22.7 Å². The molecule has 1 saturated carbocycles. The van der Waals surface area contributed by atoms with Gasteiger partial charge in [-0.2, -0.15) is 11.8 Å². The van der Waals surface area contributed by atoms with Crippen LogP contribution in [0.5, 0.6) is 0 Å². The highest BCUT2D eigenvalue weighted by Gasteiger charge is 2.25. The highest BCUT2D eigenvalue weighted by atomic mass is 79.9. The number of fused-ring (bicyclic) bond motifs is 1. The molecule has 0 saturated heterocycles. The van der Waals surface area contributed by atoms with E-state index < -0.39 is 0 Å². The van der Waals surface area contributed by atoms with Gasteiger partial charge in [0.05, 0.1) is 11.0 Å². The number of nitrogens with zero attached hydrogens (tertiary/aromatic N) is 2. The van der Waals surface area contributed by atoms with Crippen LogP contribution in [0.1, 0.15) is 31.7 Å². The lowest BCUT2D eigenvalue weighted by Crippen LogP contribution is -2.21. The molecule has 0 spiro atoms. The highest BCUT2D eigenvalue weighted by molar-refractivity contribution is 9.10. The van der Waals surface area contributed by atoms with Crippen molar-refractivity contribution in [2.24, 2.45) is 0 Å². The summed E-state index contributed by atoms with van der Waals surface area (Å²) in [5.41, 5.74) is 8.29. The molecular weight excluding hydrogens is 322 g/mol. The monoisotopic (exact) mass is 339 g/mol.